The zero-order valence-corrected chi connectivity index (χ0v) is 16.8. The summed E-state index contributed by atoms with van der Waals surface area (Å²) < 4.78 is 35.4. The first-order chi connectivity index (χ1) is 13.2. The van der Waals surface area contributed by atoms with Gasteiger partial charge in [0.1, 0.15) is 5.75 Å². The Labute approximate surface area is 164 Å². The van der Waals surface area contributed by atoms with Gasteiger partial charge in [-0.1, -0.05) is 18.2 Å². The van der Waals surface area contributed by atoms with E-state index >= 15 is 0 Å². The Bertz CT molecular complexity index is 937. The van der Waals surface area contributed by atoms with Gasteiger partial charge >= 0.3 is 5.97 Å². The molecule has 2 aromatic carbocycles. The van der Waals surface area contributed by atoms with Crippen LogP contribution in [0.5, 0.6) is 5.75 Å². The van der Waals surface area contributed by atoms with Crippen molar-refractivity contribution in [1.82, 2.24) is 0 Å². The third kappa shape index (κ3) is 6.70. The van der Waals surface area contributed by atoms with Crippen molar-refractivity contribution in [2.45, 2.75) is 26.4 Å². The zero-order valence-electron chi connectivity index (χ0n) is 16.0. The van der Waals surface area contributed by atoms with Gasteiger partial charge in [0.25, 0.3) is 0 Å². The number of Topliss-reactive ketones (excluding diaryl/α,β-unsaturated/α-hetero) is 1. The molecule has 2 aromatic rings. The molecule has 0 fully saturated rings. The number of carbonyl (C=O) groups is 2. The van der Waals surface area contributed by atoms with Gasteiger partial charge in [-0.15, -0.1) is 0 Å². The van der Waals surface area contributed by atoms with Gasteiger partial charge in [-0.05, 0) is 49.7 Å². The van der Waals surface area contributed by atoms with Crippen LogP contribution >= 0.6 is 0 Å². The zero-order chi connectivity index (χ0) is 20.7. The number of carbonyl (C=O) groups excluding carboxylic acids is 2. The van der Waals surface area contributed by atoms with Crippen molar-refractivity contribution in [2.24, 2.45) is 0 Å². The molecule has 1 atom stereocenters. The summed E-state index contributed by atoms with van der Waals surface area (Å²) in [5.41, 5.74) is 1.63. The summed E-state index contributed by atoms with van der Waals surface area (Å²) >= 11 is 0. The fourth-order valence-corrected chi connectivity index (χ4v) is 2.99. The molecule has 28 heavy (non-hydrogen) atoms. The molecule has 0 saturated carbocycles. The van der Waals surface area contributed by atoms with Gasteiger partial charge in [-0.25, -0.2) is 8.42 Å². The molecule has 0 saturated heterocycles. The van der Waals surface area contributed by atoms with E-state index in [0.717, 1.165) is 11.8 Å². The van der Waals surface area contributed by atoms with Gasteiger partial charge in [0.15, 0.2) is 6.10 Å². The maximum Gasteiger partial charge on any atom is 0.309 e. The molecule has 0 aromatic heterocycles. The maximum absolute atomic E-state index is 12.4. The second kappa shape index (κ2) is 9.36. The molecule has 7 nitrogen and oxygen atoms in total. The first-order valence-electron chi connectivity index (χ1n) is 8.65. The van der Waals surface area contributed by atoms with Crippen LogP contribution in [0.2, 0.25) is 0 Å². The Morgan fingerprint density at radius 3 is 2.32 bits per heavy atom. The molecule has 0 spiro atoms. The van der Waals surface area contributed by atoms with Crippen LogP contribution in [0.3, 0.4) is 0 Å². The lowest BCUT2D eigenvalue weighted by Gasteiger charge is -2.13. The fraction of sp³-hybridized carbons (Fsp3) is 0.300. The molecule has 0 bridgehead atoms. The normalized spacial score (nSPS) is 12.1. The lowest BCUT2D eigenvalue weighted by Crippen LogP contribution is -2.25. The average molecular weight is 405 g/mol. The lowest BCUT2D eigenvalue weighted by atomic mass is 10.1. The number of ketones is 1. The topological polar surface area (TPSA) is 98.8 Å². The highest BCUT2D eigenvalue weighted by Crippen LogP contribution is 2.17. The number of ether oxygens (including phenoxy) is 2. The minimum absolute atomic E-state index is 0.0170. The number of hydrogen-bond acceptors (Lipinski definition) is 6. The predicted octanol–water partition coefficient (Wildman–Crippen LogP) is 2.95. The van der Waals surface area contributed by atoms with Gasteiger partial charge in [0.05, 0.1) is 19.3 Å². The third-order valence-electron chi connectivity index (χ3n) is 3.81. The lowest BCUT2D eigenvalue weighted by molar-refractivity contribution is -0.146. The van der Waals surface area contributed by atoms with Gasteiger partial charge in [0.2, 0.25) is 15.8 Å². The molecule has 0 unspecified atom stereocenters. The van der Waals surface area contributed by atoms with E-state index in [-0.39, 0.29) is 18.8 Å². The van der Waals surface area contributed by atoms with Gasteiger partial charge in [-0.2, -0.15) is 0 Å². The predicted molar refractivity (Wildman–Crippen MR) is 106 cm³/mol. The Morgan fingerprint density at radius 1 is 1.07 bits per heavy atom. The molecule has 0 aliphatic rings. The van der Waals surface area contributed by atoms with Crippen molar-refractivity contribution in [3.05, 3.63) is 59.7 Å². The van der Waals surface area contributed by atoms with E-state index in [1.807, 2.05) is 31.2 Å². The molecule has 2 rings (SSSR count). The number of hydrogen-bond donors (Lipinski definition) is 1. The number of anilines is 1. The number of esters is 1. The highest BCUT2D eigenvalue weighted by molar-refractivity contribution is 7.92. The molecule has 0 amide bonds. The molecule has 0 heterocycles. The first kappa shape index (κ1) is 21.4. The molecular weight excluding hydrogens is 382 g/mol. The number of para-hydroxylation sites is 1. The summed E-state index contributed by atoms with van der Waals surface area (Å²) in [6.07, 6.45) is 0.0965. The second-order valence-corrected chi connectivity index (χ2v) is 8.06. The number of rotatable bonds is 9. The maximum atomic E-state index is 12.4. The van der Waals surface area contributed by atoms with Crippen molar-refractivity contribution in [1.29, 1.82) is 0 Å². The summed E-state index contributed by atoms with van der Waals surface area (Å²) in [6.45, 7) is 3.55. The molecule has 1 N–H and O–H groups in total. The molecule has 0 radical (unpaired) electrons. The van der Waals surface area contributed by atoms with Crippen LogP contribution in [-0.2, 0) is 19.6 Å². The summed E-state index contributed by atoms with van der Waals surface area (Å²) in [7, 11) is -3.39. The minimum atomic E-state index is -3.39. The van der Waals surface area contributed by atoms with Crippen LogP contribution in [-0.4, -0.2) is 39.1 Å². The monoisotopic (exact) mass is 405 g/mol. The molecular formula is C20H23NO6S. The smallest absolute Gasteiger partial charge is 0.309 e. The van der Waals surface area contributed by atoms with Crippen molar-refractivity contribution in [3.8, 4) is 5.75 Å². The summed E-state index contributed by atoms with van der Waals surface area (Å²) in [5, 5.41) is 0. The SMILES string of the molecule is Cc1ccccc1OCCC(=O)O[C@H](C)C(=O)c1ccc(NS(C)(=O)=O)cc1. The van der Waals surface area contributed by atoms with Crippen LogP contribution in [0.1, 0.15) is 29.3 Å². The van der Waals surface area contributed by atoms with Crippen molar-refractivity contribution < 1.29 is 27.5 Å². The van der Waals surface area contributed by atoms with E-state index in [1.54, 1.807) is 0 Å². The molecule has 0 aliphatic heterocycles. The van der Waals surface area contributed by atoms with Crippen LogP contribution in [0.25, 0.3) is 0 Å². The molecule has 0 aliphatic carbocycles. The van der Waals surface area contributed by atoms with Crippen LogP contribution in [0.4, 0.5) is 5.69 Å². The quantitative estimate of drug-likeness (QED) is 0.509. The van der Waals surface area contributed by atoms with Crippen molar-refractivity contribution in [2.75, 3.05) is 17.6 Å². The Morgan fingerprint density at radius 2 is 1.71 bits per heavy atom. The van der Waals surface area contributed by atoms with E-state index in [4.69, 9.17) is 9.47 Å². The van der Waals surface area contributed by atoms with Crippen LogP contribution in [0, 0.1) is 6.92 Å². The number of aryl methyl sites for hydroxylation is 1. The highest BCUT2D eigenvalue weighted by atomic mass is 32.2. The van der Waals surface area contributed by atoms with Gasteiger partial charge < -0.3 is 9.47 Å². The van der Waals surface area contributed by atoms with E-state index in [9.17, 15) is 18.0 Å². The Kier molecular flexibility index (Phi) is 7.17. The number of benzene rings is 2. The van der Waals surface area contributed by atoms with E-state index < -0.39 is 22.1 Å². The minimum Gasteiger partial charge on any atom is -0.493 e. The van der Waals surface area contributed by atoms with E-state index in [0.29, 0.717) is 17.0 Å². The summed E-state index contributed by atoms with van der Waals surface area (Å²) in [5.74, 6) is -0.217. The molecule has 8 heteroatoms. The summed E-state index contributed by atoms with van der Waals surface area (Å²) in [6, 6.07) is 13.4. The van der Waals surface area contributed by atoms with E-state index in [1.165, 1.54) is 31.2 Å². The third-order valence-corrected chi connectivity index (χ3v) is 4.41. The van der Waals surface area contributed by atoms with Crippen molar-refractivity contribution in [3.63, 3.8) is 0 Å². The Hall–Kier alpha value is -2.87. The molecule has 150 valence electrons. The van der Waals surface area contributed by atoms with Crippen LogP contribution in [0.15, 0.2) is 48.5 Å². The average Bonchev–Trinajstić information content (AvgIpc) is 2.62. The highest BCUT2D eigenvalue weighted by Gasteiger charge is 2.19. The largest absolute Gasteiger partial charge is 0.493 e. The van der Waals surface area contributed by atoms with Gasteiger partial charge in [-0.3, -0.25) is 14.3 Å². The number of sulfonamides is 1. The fourth-order valence-electron chi connectivity index (χ4n) is 2.42. The second-order valence-electron chi connectivity index (χ2n) is 6.31. The Balaban J connectivity index is 1.84. The first-order valence-corrected chi connectivity index (χ1v) is 10.5. The van der Waals surface area contributed by atoms with E-state index in [2.05, 4.69) is 4.72 Å². The number of nitrogens with one attached hydrogen (secondary N) is 1. The van der Waals surface area contributed by atoms with Crippen molar-refractivity contribution >= 4 is 27.5 Å². The van der Waals surface area contributed by atoms with Crippen LogP contribution < -0.4 is 9.46 Å². The standard InChI is InChI=1S/C20H23NO6S/c1-14-6-4-5-7-18(14)26-13-12-19(22)27-15(2)20(23)16-8-10-17(11-9-16)21-28(3,24)25/h4-11,15,21H,12-13H2,1-3H3/t15-/m1/s1. The van der Waals surface area contributed by atoms with Gasteiger partial charge in [0, 0.05) is 11.3 Å². The summed E-state index contributed by atoms with van der Waals surface area (Å²) in [4.78, 5) is 24.3.